The van der Waals surface area contributed by atoms with Gasteiger partial charge in [0.15, 0.2) is 0 Å². The number of fused-ring (bicyclic) bond motifs is 2. The van der Waals surface area contributed by atoms with Crippen LogP contribution in [0.5, 0.6) is 0 Å². The Bertz CT molecular complexity index is 819. The Morgan fingerprint density at radius 3 is 3.21 bits per heavy atom. The maximum absolute atomic E-state index is 11.4. The number of thiazole rings is 1. The topological polar surface area (TPSA) is 85.3 Å². The van der Waals surface area contributed by atoms with Crippen molar-refractivity contribution in [3.63, 3.8) is 0 Å². The fraction of sp³-hybridized carbons (Fsp3) is 0.0833. The van der Waals surface area contributed by atoms with E-state index in [0.29, 0.717) is 6.42 Å². The van der Waals surface area contributed by atoms with Gasteiger partial charge < -0.3 is 11.1 Å². The normalized spacial score (nSPS) is 13.8. The monoisotopic (exact) mass is 271 g/mol. The summed E-state index contributed by atoms with van der Waals surface area (Å²) in [7, 11) is 0. The lowest BCUT2D eigenvalue weighted by Crippen LogP contribution is -2.03. The lowest BCUT2D eigenvalue weighted by Gasteiger charge is -2.02. The molecule has 1 aromatic carbocycles. The first kappa shape index (κ1) is 10.5. The van der Waals surface area contributed by atoms with E-state index in [1.165, 1.54) is 11.3 Å². The predicted molar refractivity (Wildman–Crippen MR) is 73.0 cm³/mol. The molecule has 2 aromatic heterocycles. The van der Waals surface area contributed by atoms with Gasteiger partial charge in [-0.2, -0.15) is 4.98 Å². The highest BCUT2D eigenvalue weighted by atomic mass is 32.1. The number of aromatic nitrogens is 3. The summed E-state index contributed by atoms with van der Waals surface area (Å²) < 4.78 is 1.73. The number of rotatable bonds is 1. The van der Waals surface area contributed by atoms with Gasteiger partial charge in [0.1, 0.15) is 0 Å². The van der Waals surface area contributed by atoms with Gasteiger partial charge in [-0.1, -0.05) is 6.07 Å². The van der Waals surface area contributed by atoms with Crippen LogP contribution in [0.1, 0.15) is 5.56 Å². The minimum absolute atomic E-state index is 0.0348. The van der Waals surface area contributed by atoms with E-state index in [2.05, 4.69) is 15.4 Å². The van der Waals surface area contributed by atoms with Crippen LogP contribution in [0.4, 0.5) is 11.6 Å². The molecule has 0 saturated heterocycles. The zero-order valence-corrected chi connectivity index (χ0v) is 10.6. The standard InChI is InChI=1S/C12H9N5OS/c13-11-15-12-17(16-11)9(5-19-12)6-1-2-8-7(3-6)4-10(18)14-8/h1-3,5H,4H2,(H2,13,16)(H,14,18). The minimum Gasteiger partial charge on any atom is -0.366 e. The fourth-order valence-electron chi connectivity index (χ4n) is 2.28. The highest BCUT2D eigenvalue weighted by Crippen LogP contribution is 2.31. The first-order valence-corrected chi connectivity index (χ1v) is 6.61. The number of carbonyl (C=O) groups excluding carboxylic acids is 1. The second-order valence-electron chi connectivity index (χ2n) is 4.38. The van der Waals surface area contributed by atoms with Gasteiger partial charge in [-0.15, -0.1) is 16.4 Å². The van der Waals surface area contributed by atoms with Crippen LogP contribution in [0.2, 0.25) is 0 Å². The van der Waals surface area contributed by atoms with E-state index in [0.717, 1.165) is 27.5 Å². The third kappa shape index (κ3) is 1.52. The number of benzene rings is 1. The Morgan fingerprint density at radius 1 is 1.42 bits per heavy atom. The average Bonchev–Trinajstić information content (AvgIpc) is 3.00. The van der Waals surface area contributed by atoms with E-state index >= 15 is 0 Å². The van der Waals surface area contributed by atoms with Crippen LogP contribution in [-0.4, -0.2) is 20.5 Å². The van der Waals surface area contributed by atoms with Crippen molar-refractivity contribution in [3.05, 3.63) is 29.1 Å². The molecule has 94 valence electrons. The molecule has 0 fully saturated rings. The predicted octanol–water partition coefficient (Wildman–Crippen LogP) is 1.53. The fourth-order valence-corrected chi connectivity index (χ4v) is 3.12. The Hall–Kier alpha value is -2.41. The van der Waals surface area contributed by atoms with Crippen LogP contribution < -0.4 is 11.1 Å². The van der Waals surface area contributed by atoms with Crippen molar-refractivity contribution in [3.8, 4) is 11.3 Å². The molecule has 0 radical (unpaired) electrons. The molecule has 6 nitrogen and oxygen atoms in total. The number of amides is 1. The molecular formula is C12H9N5OS. The quantitative estimate of drug-likeness (QED) is 0.703. The minimum atomic E-state index is 0.0348. The van der Waals surface area contributed by atoms with E-state index in [1.54, 1.807) is 4.52 Å². The molecule has 0 atom stereocenters. The molecule has 4 rings (SSSR count). The van der Waals surface area contributed by atoms with E-state index in [4.69, 9.17) is 5.73 Å². The number of hydrogen-bond donors (Lipinski definition) is 2. The van der Waals surface area contributed by atoms with Gasteiger partial charge in [0.25, 0.3) is 0 Å². The molecule has 19 heavy (non-hydrogen) atoms. The molecule has 0 unspecified atom stereocenters. The SMILES string of the molecule is Nc1nc2scc(-c3ccc4c(c3)CC(=O)N4)n2n1. The van der Waals surface area contributed by atoms with Gasteiger partial charge in [-0.05, 0) is 17.7 Å². The first-order valence-electron chi connectivity index (χ1n) is 5.73. The molecule has 0 bridgehead atoms. The van der Waals surface area contributed by atoms with Crippen LogP contribution in [-0.2, 0) is 11.2 Å². The number of anilines is 2. The van der Waals surface area contributed by atoms with E-state index < -0.39 is 0 Å². The molecule has 3 aromatic rings. The summed E-state index contributed by atoms with van der Waals surface area (Å²) in [4.78, 5) is 16.3. The average molecular weight is 271 g/mol. The van der Waals surface area contributed by atoms with Crippen LogP contribution in [0.3, 0.4) is 0 Å². The molecule has 1 aliphatic rings. The van der Waals surface area contributed by atoms with Crippen molar-refractivity contribution in [2.45, 2.75) is 6.42 Å². The molecule has 7 heteroatoms. The molecule has 0 saturated carbocycles. The van der Waals surface area contributed by atoms with Crippen LogP contribution >= 0.6 is 11.3 Å². The Morgan fingerprint density at radius 2 is 2.32 bits per heavy atom. The second kappa shape index (κ2) is 3.55. The van der Waals surface area contributed by atoms with E-state index in [-0.39, 0.29) is 11.9 Å². The van der Waals surface area contributed by atoms with Crippen molar-refractivity contribution in [2.24, 2.45) is 0 Å². The van der Waals surface area contributed by atoms with Gasteiger partial charge in [-0.25, -0.2) is 4.52 Å². The number of nitrogen functional groups attached to an aromatic ring is 1. The maximum atomic E-state index is 11.4. The lowest BCUT2D eigenvalue weighted by atomic mass is 10.1. The van der Waals surface area contributed by atoms with Crippen molar-refractivity contribution in [1.29, 1.82) is 0 Å². The Kier molecular flexibility index (Phi) is 1.96. The summed E-state index contributed by atoms with van der Waals surface area (Å²) in [5.74, 6) is 0.304. The third-order valence-electron chi connectivity index (χ3n) is 3.12. The van der Waals surface area contributed by atoms with E-state index in [1.807, 2.05) is 23.6 Å². The van der Waals surface area contributed by atoms with Crippen molar-refractivity contribution in [2.75, 3.05) is 11.1 Å². The smallest absolute Gasteiger partial charge is 0.241 e. The summed E-state index contributed by atoms with van der Waals surface area (Å²) in [5, 5.41) is 8.98. The van der Waals surface area contributed by atoms with Crippen molar-refractivity contribution < 1.29 is 4.79 Å². The summed E-state index contributed by atoms with van der Waals surface area (Å²) in [6.45, 7) is 0. The summed E-state index contributed by atoms with van der Waals surface area (Å²) in [6.07, 6.45) is 0.427. The second-order valence-corrected chi connectivity index (χ2v) is 5.22. The van der Waals surface area contributed by atoms with Gasteiger partial charge in [-0.3, -0.25) is 4.79 Å². The number of nitrogens with two attached hydrogens (primary N) is 1. The number of nitrogens with one attached hydrogen (secondary N) is 1. The van der Waals surface area contributed by atoms with Crippen LogP contribution in [0.15, 0.2) is 23.6 Å². The van der Waals surface area contributed by atoms with E-state index in [9.17, 15) is 4.79 Å². The zero-order valence-electron chi connectivity index (χ0n) is 9.75. The molecule has 0 spiro atoms. The van der Waals surface area contributed by atoms with Crippen LogP contribution in [0.25, 0.3) is 16.2 Å². The van der Waals surface area contributed by atoms with Crippen LogP contribution in [0, 0.1) is 0 Å². The highest BCUT2D eigenvalue weighted by molar-refractivity contribution is 7.15. The third-order valence-corrected chi connectivity index (χ3v) is 3.94. The van der Waals surface area contributed by atoms with Gasteiger partial charge >= 0.3 is 0 Å². The lowest BCUT2D eigenvalue weighted by molar-refractivity contribution is -0.115. The van der Waals surface area contributed by atoms with Gasteiger partial charge in [0, 0.05) is 16.6 Å². The van der Waals surface area contributed by atoms with Crippen molar-refractivity contribution in [1.82, 2.24) is 14.6 Å². The molecule has 1 aliphatic heterocycles. The van der Waals surface area contributed by atoms with Crippen molar-refractivity contribution >= 4 is 33.8 Å². The molecule has 3 heterocycles. The summed E-state index contributed by atoms with van der Waals surface area (Å²) in [5.41, 5.74) is 9.44. The molecule has 3 N–H and O–H groups in total. The number of carbonyl (C=O) groups is 1. The summed E-state index contributed by atoms with van der Waals surface area (Å²) >= 11 is 1.49. The molecule has 0 aliphatic carbocycles. The zero-order chi connectivity index (χ0) is 13.0. The number of nitrogens with zero attached hydrogens (tertiary/aromatic N) is 3. The maximum Gasteiger partial charge on any atom is 0.241 e. The molecule has 1 amide bonds. The highest BCUT2D eigenvalue weighted by Gasteiger charge is 2.19. The van der Waals surface area contributed by atoms with Gasteiger partial charge in [0.05, 0.1) is 12.1 Å². The largest absolute Gasteiger partial charge is 0.366 e. The Labute approximate surface area is 111 Å². The van der Waals surface area contributed by atoms with Gasteiger partial charge in [0.2, 0.25) is 16.8 Å². The summed E-state index contributed by atoms with van der Waals surface area (Å²) in [6, 6.07) is 5.88. The Balaban J connectivity index is 1.88. The molecular weight excluding hydrogens is 262 g/mol. The first-order chi connectivity index (χ1) is 9.20. The number of hydrogen-bond acceptors (Lipinski definition) is 5.